The number of rotatable bonds is 0. The fourth-order valence-electron chi connectivity index (χ4n) is 2.57. The van der Waals surface area contributed by atoms with Crippen molar-refractivity contribution in [3.8, 4) is 0 Å². The van der Waals surface area contributed by atoms with Crippen LogP contribution in [0.4, 0.5) is 0 Å². The van der Waals surface area contributed by atoms with E-state index in [9.17, 15) is 0 Å². The summed E-state index contributed by atoms with van der Waals surface area (Å²) in [5.41, 5.74) is 1.06. The van der Waals surface area contributed by atoms with Crippen molar-refractivity contribution >= 4 is 32.4 Å². The Bertz CT molecular complexity index is 872. The zero-order chi connectivity index (χ0) is 11.9. The van der Waals surface area contributed by atoms with Crippen LogP contribution in [0.3, 0.4) is 0 Å². The zero-order valence-electron chi connectivity index (χ0n) is 9.80. The summed E-state index contributed by atoms with van der Waals surface area (Å²) < 4.78 is 0. The first-order valence-corrected chi connectivity index (χ1v) is 6.08. The number of hydrogen-bond donors (Lipinski definition) is 0. The molecule has 1 heterocycles. The maximum Gasteiger partial charge on any atom is 0.0708 e. The molecule has 0 unspecified atom stereocenters. The van der Waals surface area contributed by atoms with Gasteiger partial charge >= 0.3 is 0 Å². The van der Waals surface area contributed by atoms with E-state index >= 15 is 0 Å². The van der Waals surface area contributed by atoms with E-state index in [-0.39, 0.29) is 0 Å². The molecule has 4 rings (SSSR count). The summed E-state index contributed by atoms with van der Waals surface area (Å²) >= 11 is 0. The maximum atomic E-state index is 4.41. The van der Waals surface area contributed by atoms with E-state index in [4.69, 9.17) is 0 Å². The summed E-state index contributed by atoms with van der Waals surface area (Å²) in [6.07, 6.45) is 1.84. The Morgan fingerprint density at radius 1 is 0.611 bits per heavy atom. The van der Waals surface area contributed by atoms with Gasteiger partial charge in [-0.25, -0.2) is 0 Å². The highest BCUT2D eigenvalue weighted by Gasteiger charge is 2.02. The number of pyridine rings is 1. The summed E-state index contributed by atoms with van der Waals surface area (Å²) in [6, 6.07) is 21.4. The predicted molar refractivity (Wildman–Crippen MR) is 76.8 cm³/mol. The van der Waals surface area contributed by atoms with Gasteiger partial charge in [0.25, 0.3) is 0 Å². The third-order valence-corrected chi connectivity index (χ3v) is 3.47. The lowest BCUT2D eigenvalue weighted by molar-refractivity contribution is 1.42. The molecule has 0 N–H and O–H groups in total. The van der Waals surface area contributed by atoms with Gasteiger partial charge in [-0.1, -0.05) is 42.5 Å². The molecular weight excluding hydrogens is 218 g/mol. The van der Waals surface area contributed by atoms with Gasteiger partial charge in [-0.3, -0.25) is 4.98 Å². The second-order valence-electron chi connectivity index (χ2n) is 4.56. The number of benzene rings is 3. The fourth-order valence-corrected chi connectivity index (χ4v) is 2.57. The molecule has 0 aliphatic rings. The first-order chi connectivity index (χ1) is 8.92. The SMILES string of the molecule is c1cnc2cc3ccc4ccccc4c3cc2c1. The first kappa shape index (κ1) is 9.60. The van der Waals surface area contributed by atoms with Crippen LogP contribution in [0.1, 0.15) is 0 Å². The Morgan fingerprint density at radius 3 is 2.44 bits per heavy atom. The van der Waals surface area contributed by atoms with Crippen LogP contribution in [0, 0.1) is 0 Å². The van der Waals surface area contributed by atoms with E-state index in [1.807, 2.05) is 12.3 Å². The van der Waals surface area contributed by atoms with Crippen LogP contribution < -0.4 is 0 Å². The second kappa shape index (κ2) is 3.54. The lowest BCUT2D eigenvalue weighted by Crippen LogP contribution is -1.81. The average Bonchev–Trinajstić information content (AvgIpc) is 2.45. The molecule has 0 bridgehead atoms. The van der Waals surface area contributed by atoms with Gasteiger partial charge in [0.2, 0.25) is 0 Å². The van der Waals surface area contributed by atoms with Gasteiger partial charge in [-0.05, 0) is 39.7 Å². The van der Waals surface area contributed by atoms with E-state index in [1.165, 1.54) is 26.9 Å². The monoisotopic (exact) mass is 229 g/mol. The molecule has 1 heteroatoms. The Balaban J connectivity index is 2.27. The topological polar surface area (TPSA) is 12.9 Å². The number of nitrogens with zero attached hydrogens (tertiary/aromatic N) is 1. The molecule has 0 radical (unpaired) electrons. The lowest BCUT2D eigenvalue weighted by atomic mass is 10.0. The van der Waals surface area contributed by atoms with Gasteiger partial charge in [0, 0.05) is 11.6 Å². The minimum Gasteiger partial charge on any atom is -0.256 e. The van der Waals surface area contributed by atoms with Crippen molar-refractivity contribution < 1.29 is 0 Å². The van der Waals surface area contributed by atoms with Gasteiger partial charge in [0.15, 0.2) is 0 Å². The molecule has 0 atom stereocenters. The molecule has 0 aliphatic heterocycles. The second-order valence-corrected chi connectivity index (χ2v) is 4.56. The molecule has 0 amide bonds. The van der Waals surface area contributed by atoms with E-state index in [2.05, 4.69) is 59.6 Å². The van der Waals surface area contributed by atoms with Crippen LogP contribution in [-0.2, 0) is 0 Å². The normalized spacial score (nSPS) is 11.3. The molecule has 0 fully saturated rings. The predicted octanol–water partition coefficient (Wildman–Crippen LogP) is 4.54. The zero-order valence-corrected chi connectivity index (χ0v) is 9.80. The fraction of sp³-hybridized carbons (Fsp3) is 0. The van der Waals surface area contributed by atoms with Crippen LogP contribution in [0.15, 0.2) is 66.9 Å². The van der Waals surface area contributed by atoms with Crippen molar-refractivity contribution in [2.24, 2.45) is 0 Å². The number of hydrogen-bond acceptors (Lipinski definition) is 1. The Hall–Kier alpha value is -2.41. The standard InChI is InChI=1S/C17H11N/c1-2-6-15-12(4-1)7-8-13-11-17-14(10-16(13)15)5-3-9-18-17/h1-11H. The largest absolute Gasteiger partial charge is 0.256 e. The van der Waals surface area contributed by atoms with E-state index in [0.717, 1.165) is 5.52 Å². The van der Waals surface area contributed by atoms with Crippen LogP contribution in [0.25, 0.3) is 32.4 Å². The Kier molecular flexibility index (Phi) is 1.89. The third kappa shape index (κ3) is 1.31. The van der Waals surface area contributed by atoms with Gasteiger partial charge in [0.1, 0.15) is 0 Å². The quantitative estimate of drug-likeness (QED) is 0.318. The molecule has 0 aliphatic carbocycles. The average molecular weight is 229 g/mol. The van der Waals surface area contributed by atoms with Crippen molar-refractivity contribution in [1.29, 1.82) is 0 Å². The van der Waals surface area contributed by atoms with E-state index in [1.54, 1.807) is 0 Å². The lowest BCUT2D eigenvalue weighted by Gasteiger charge is -2.05. The van der Waals surface area contributed by atoms with Crippen molar-refractivity contribution in [3.05, 3.63) is 66.9 Å². The van der Waals surface area contributed by atoms with E-state index in [0.29, 0.717) is 0 Å². The molecule has 0 saturated heterocycles. The molecular formula is C17H11N. The first-order valence-electron chi connectivity index (χ1n) is 6.08. The molecule has 4 aromatic rings. The molecule has 0 spiro atoms. The van der Waals surface area contributed by atoms with Crippen LogP contribution in [-0.4, -0.2) is 4.98 Å². The minimum atomic E-state index is 1.06. The summed E-state index contributed by atoms with van der Waals surface area (Å²) in [5.74, 6) is 0. The third-order valence-electron chi connectivity index (χ3n) is 3.47. The Morgan fingerprint density at radius 2 is 1.44 bits per heavy atom. The Labute approximate surface area is 105 Å². The van der Waals surface area contributed by atoms with Crippen molar-refractivity contribution in [2.45, 2.75) is 0 Å². The van der Waals surface area contributed by atoms with Gasteiger partial charge in [0.05, 0.1) is 5.52 Å². The van der Waals surface area contributed by atoms with Crippen molar-refractivity contribution in [2.75, 3.05) is 0 Å². The molecule has 84 valence electrons. The minimum absolute atomic E-state index is 1.06. The van der Waals surface area contributed by atoms with Crippen LogP contribution in [0.2, 0.25) is 0 Å². The summed E-state index contributed by atoms with van der Waals surface area (Å²) in [7, 11) is 0. The van der Waals surface area contributed by atoms with Crippen molar-refractivity contribution in [1.82, 2.24) is 4.98 Å². The van der Waals surface area contributed by atoms with Crippen LogP contribution >= 0.6 is 0 Å². The molecule has 1 nitrogen and oxygen atoms in total. The highest BCUT2D eigenvalue weighted by molar-refractivity contribution is 6.11. The molecule has 0 saturated carbocycles. The number of aromatic nitrogens is 1. The van der Waals surface area contributed by atoms with Crippen molar-refractivity contribution in [3.63, 3.8) is 0 Å². The number of fused-ring (bicyclic) bond motifs is 4. The highest BCUT2D eigenvalue weighted by Crippen LogP contribution is 2.28. The summed E-state index contributed by atoms with van der Waals surface area (Å²) in [6.45, 7) is 0. The molecule has 3 aromatic carbocycles. The maximum absolute atomic E-state index is 4.41. The highest BCUT2D eigenvalue weighted by atomic mass is 14.6. The van der Waals surface area contributed by atoms with Crippen LogP contribution in [0.5, 0.6) is 0 Å². The van der Waals surface area contributed by atoms with Gasteiger partial charge < -0.3 is 0 Å². The van der Waals surface area contributed by atoms with Gasteiger partial charge in [-0.15, -0.1) is 0 Å². The summed E-state index contributed by atoms with van der Waals surface area (Å²) in [4.78, 5) is 4.41. The molecule has 18 heavy (non-hydrogen) atoms. The van der Waals surface area contributed by atoms with Gasteiger partial charge in [-0.2, -0.15) is 0 Å². The van der Waals surface area contributed by atoms with E-state index < -0.39 is 0 Å². The molecule has 1 aromatic heterocycles. The smallest absolute Gasteiger partial charge is 0.0708 e. The summed E-state index contributed by atoms with van der Waals surface area (Å²) in [5, 5.41) is 6.34.